The minimum Gasteiger partial charge on any atom is -0.380 e. The first-order valence-electron chi connectivity index (χ1n) is 8.52. The Kier molecular flexibility index (Phi) is 6.73. The highest BCUT2D eigenvalue weighted by atomic mass is 35.5. The first-order chi connectivity index (χ1) is 12.1. The molecule has 2 heterocycles. The maximum atomic E-state index is 6.10. The Morgan fingerprint density at radius 1 is 1.12 bits per heavy atom. The fourth-order valence-corrected chi connectivity index (χ4v) is 3.13. The summed E-state index contributed by atoms with van der Waals surface area (Å²) in [5.74, 6) is 0. The van der Waals surface area contributed by atoms with Crippen LogP contribution in [0.3, 0.4) is 0 Å². The van der Waals surface area contributed by atoms with Crippen LogP contribution in [0.25, 0.3) is 5.69 Å². The van der Waals surface area contributed by atoms with E-state index in [1.807, 2.05) is 23.7 Å². The molecule has 0 saturated carbocycles. The predicted molar refractivity (Wildman–Crippen MR) is 100 cm³/mol. The van der Waals surface area contributed by atoms with Crippen LogP contribution >= 0.6 is 23.2 Å². The van der Waals surface area contributed by atoms with Crippen molar-refractivity contribution in [2.24, 2.45) is 0 Å². The van der Waals surface area contributed by atoms with Gasteiger partial charge in [0.25, 0.3) is 0 Å². The van der Waals surface area contributed by atoms with Gasteiger partial charge in [-0.15, -0.1) is 0 Å². The average Bonchev–Trinajstić information content (AvgIpc) is 2.99. The SMILES string of the molecule is Cc1cc(CCOCCN2CCOCC2)nn1-c1ccc(Cl)c(Cl)c1. The molecule has 1 aliphatic heterocycles. The molecular formula is C18H23Cl2N3O2. The smallest absolute Gasteiger partial charge is 0.0664 e. The fraction of sp³-hybridized carbons (Fsp3) is 0.500. The van der Waals surface area contributed by atoms with E-state index in [4.69, 9.17) is 32.7 Å². The summed E-state index contributed by atoms with van der Waals surface area (Å²) in [5, 5.41) is 5.72. The quantitative estimate of drug-likeness (QED) is 0.687. The van der Waals surface area contributed by atoms with Crippen molar-refractivity contribution in [3.05, 3.63) is 45.7 Å². The van der Waals surface area contributed by atoms with E-state index in [0.717, 1.165) is 63.0 Å². The molecule has 136 valence electrons. The molecule has 0 radical (unpaired) electrons. The van der Waals surface area contributed by atoms with Gasteiger partial charge in [0.2, 0.25) is 0 Å². The molecule has 7 heteroatoms. The number of benzene rings is 1. The minimum absolute atomic E-state index is 0.530. The van der Waals surface area contributed by atoms with Crippen LogP contribution in [0, 0.1) is 6.92 Å². The highest BCUT2D eigenvalue weighted by Crippen LogP contribution is 2.25. The Labute approximate surface area is 158 Å². The maximum Gasteiger partial charge on any atom is 0.0664 e. The Bertz CT molecular complexity index is 700. The first kappa shape index (κ1) is 18.7. The van der Waals surface area contributed by atoms with Gasteiger partial charge in [0.05, 0.1) is 47.9 Å². The van der Waals surface area contributed by atoms with E-state index in [2.05, 4.69) is 16.1 Å². The van der Waals surface area contributed by atoms with E-state index in [9.17, 15) is 0 Å². The standard InChI is InChI=1S/C18H23Cl2N3O2/c1-14-12-15(4-8-24-9-5-22-6-10-25-11-7-22)21-23(14)16-2-3-17(19)18(20)13-16/h2-3,12-13H,4-11H2,1H3. The molecule has 0 spiro atoms. The van der Waals surface area contributed by atoms with E-state index < -0.39 is 0 Å². The number of halogens is 2. The summed E-state index contributed by atoms with van der Waals surface area (Å²) in [6.45, 7) is 8.04. The van der Waals surface area contributed by atoms with Crippen LogP contribution in [0.2, 0.25) is 10.0 Å². The number of aromatic nitrogens is 2. The summed E-state index contributed by atoms with van der Waals surface area (Å²) < 4.78 is 13.0. The van der Waals surface area contributed by atoms with Crippen molar-refractivity contribution in [1.29, 1.82) is 0 Å². The Hall–Kier alpha value is -1.11. The molecular weight excluding hydrogens is 361 g/mol. The van der Waals surface area contributed by atoms with Crippen LogP contribution in [-0.2, 0) is 15.9 Å². The van der Waals surface area contributed by atoms with Crippen LogP contribution < -0.4 is 0 Å². The average molecular weight is 384 g/mol. The third kappa shape index (κ3) is 5.19. The highest BCUT2D eigenvalue weighted by Gasteiger charge is 2.10. The molecule has 1 aromatic carbocycles. The van der Waals surface area contributed by atoms with Crippen molar-refractivity contribution in [1.82, 2.24) is 14.7 Å². The molecule has 0 aliphatic carbocycles. The van der Waals surface area contributed by atoms with Gasteiger partial charge in [-0.2, -0.15) is 5.10 Å². The highest BCUT2D eigenvalue weighted by molar-refractivity contribution is 6.42. The van der Waals surface area contributed by atoms with Crippen molar-refractivity contribution in [3.63, 3.8) is 0 Å². The molecule has 1 saturated heterocycles. The summed E-state index contributed by atoms with van der Waals surface area (Å²) in [4.78, 5) is 2.37. The lowest BCUT2D eigenvalue weighted by molar-refractivity contribution is 0.0207. The van der Waals surface area contributed by atoms with Gasteiger partial charge in [0.1, 0.15) is 0 Å². The number of morpholine rings is 1. The molecule has 1 aromatic heterocycles. The van der Waals surface area contributed by atoms with Crippen LogP contribution in [0.1, 0.15) is 11.4 Å². The zero-order valence-corrected chi connectivity index (χ0v) is 15.9. The van der Waals surface area contributed by atoms with Crippen molar-refractivity contribution in [3.8, 4) is 5.69 Å². The van der Waals surface area contributed by atoms with Gasteiger partial charge in [-0.05, 0) is 31.2 Å². The molecule has 0 atom stereocenters. The molecule has 1 aliphatic rings. The number of hydrogen-bond acceptors (Lipinski definition) is 4. The van der Waals surface area contributed by atoms with Gasteiger partial charge in [0, 0.05) is 31.7 Å². The van der Waals surface area contributed by atoms with E-state index >= 15 is 0 Å². The Morgan fingerprint density at radius 2 is 1.92 bits per heavy atom. The number of ether oxygens (including phenoxy) is 2. The van der Waals surface area contributed by atoms with Gasteiger partial charge >= 0.3 is 0 Å². The molecule has 0 N–H and O–H groups in total. The van der Waals surface area contributed by atoms with Crippen LogP contribution in [-0.4, -0.2) is 60.7 Å². The predicted octanol–water partition coefficient (Wildman–Crippen LogP) is 3.38. The molecule has 0 unspecified atom stereocenters. The second-order valence-corrected chi connectivity index (χ2v) is 6.92. The summed E-state index contributed by atoms with van der Waals surface area (Å²) >= 11 is 12.1. The minimum atomic E-state index is 0.530. The van der Waals surface area contributed by atoms with Gasteiger partial charge in [-0.1, -0.05) is 23.2 Å². The zero-order chi connectivity index (χ0) is 17.6. The third-order valence-electron chi connectivity index (χ3n) is 4.24. The summed E-state index contributed by atoms with van der Waals surface area (Å²) in [6.07, 6.45) is 0.790. The van der Waals surface area contributed by atoms with E-state index in [-0.39, 0.29) is 0 Å². The molecule has 5 nitrogen and oxygen atoms in total. The second kappa shape index (κ2) is 9.01. The Morgan fingerprint density at radius 3 is 2.68 bits per heavy atom. The van der Waals surface area contributed by atoms with Crippen molar-refractivity contribution >= 4 is 23.2 Å². The van der Waals surface area contributed by atoms with Gasteiger partial charge in [-0.3, -0.25) is 4.90 Å². The fourth-order valence-electron chi connectivity index (χ4n) is 2.84. The van der Waals surface area contributed by atoms with Crippen molar-refractivity contribution in [2.45, 2.75) is 13.3 Å². The number of rotatable bonds is 7. The topological polar surface area (TPSA) is 39.5 Å². The summed E-state index contributed by atoms with van der Waals surface area (Å²) in [6, 6.07) is 7.60. The number of hydrogen-bond donors (Lipinski definition) is 0. The lowest BCUT2D eigenvalue weighted by Crippen LogP contribution is -2.38. The van der Waals surface area contributed by atoms with Crippen molar-refractivity contribution < 1.29 is 9.47 Å². The van der Waals surface area contributed by atoms with E-state index in [1.165, 1.54) is 0 Å². The molecule has 2 aromatic rings. The van der Waals surface area contributed by atoms with Crippen molar-refractivity contribution in [2.75, 3.05) is 46.1 Å². The van der Waals surface area contributed by atoms with Crippen LogP contribution in [0.4, 0.5) is 0 Å². The summed E-state index contributed by atoms with van der Waals surface area (Å²) in [5.41, 5.74) is 2.98. The lowest BCUT2D eigenvalue weighted by atomic mass is 10.3. The van der Waals surface area contributed by atoms with Gasteiger partial charge < -0.3 is 9.47 Å². The van der Waals surface area contributed by atoms with Gasteiger partial charge in [-0.25, -0.2) is 4.68 Å². The van der Waals surface area contributed by atoms with Crippen LogP contribution in [0.5, 0.6) is 0 Å². The zero-order valence-electron chi connectivity index (χ0n) is 14.4. The molecule has 0 amide bonds. The second-order valence-electron chi connectivity index (χ2n) is 6.10. The largest absolute Gasteiger partial charge is 0.380 e. The normalized spacial score (nSPS) is 15.6. The first-order valence-corrected chi connectivity index (χ1v) is 9.28. The van der Waals surface area contributed by atoms with E-state index in [1.54, 1.807) is 6.07 Å². The Balaban J connectivity index is 1.48. The maximum absolute atomic E-state index is 6.10. The summed E-state index contributed by atoms with van der Waals surface area (Å²) in [7, 11) is 0. The van der Waals surface area contributed by atoms with Crippen LogP contribution in [0.15, 0.2) is 24.3 Å². The van der Waals surface area contributed by atoms with Gasteiger partial charge in [0.15, 0.2) is 0 Å². The third-order valence-corrected chi connectivity index (χ3v) is 4.98. The number of nitrogens with zero attached hydrogens (tertiary/aromatic N) is 3. The lowest BCUT2D eigenvalue weighted by Gasteiger charge is -2.26. The monoisotopic (exact) mass is 383 g/mol. The molecule has 25 heavy (non-hydrogen) atoms. The molecule has 0 bridgehead atoms. The molecule has 3 rings (SSSR count). The van der Waals surface area contributed by atoms with E-state index in [0.29, 0.717) is 16.7 Å². The number of aryl methyl sites for hydroxylation is 1. The molecule has 1 fully saturated rings.